The van der Waals surface area contributed by atoms with Crippen molar-refractivity contribution >= 4 is 29.7 Å². The molecule has 0 heterocycles. The zero-order chi connectivity index (χ0) is 21.9. The molecule has 0 saturated heterocycles. The molecule has 12 heteroatoms. The number of amides is 3. The van der Waals surface area contributed by atoms with Gasteiger partial charge in [0.1, 0.15) is 18.1 Å². The van der Waals surface area contributed by atoms with Crippen LogP contribution in [0.4, 0.5) is 0 Å². The summed E-state index contributed by atoms with van der Waals surface area (Å²) >= 11 is 0. The number of carbonyl (C=O) groups excluding carboxylic acids is 3. The number of hydrogen-bond acceptors (Lipinski definition) is 7. The van der Waals surface area contributed by atoms with Gasteiger partial charge in [0.2, 0.25) is 17.7 Å². The maximum absolute atomic E-state index is 12.5. The van der Waals surface area contributed by atoms with Gasteiger partial charge in [-0.2, -0.15) is 0 Å². The quantitative estimate of drug-likeness (QED) is 0.171. The molecule has 3 atom stereocenters. The van der Waals surface area contributed by atoms with E-state index in [-0.39, 0.29) is 18.8 Å². The van der Waals surface area contributed by atoms with Gasteiger partial charge in [-0.25, -0.2) is 4.79 Å². The normalized spacial score (nSPS) is 13.9. The van der Waals surface area contributed by atoms with E-state index >= 15 is 0 Å². The number of nitrogens with two attached hydrogens (primary N) is 1. The van der Waals surface area contributed by atoms with Crippen LogP contribution in [0.25, 0.3) is 0 Å². The fraction of sp³-hybridized carbons (Fsp3) is 0.688. The number of aliphatic hydroxyl groups is 1. The number of nitrogens with one attached hydrogen (secondary N) is 3. The maximum Gasteiger partial charge on any atom is 0.328 e. The number of carboxylic acid groups (broad SMARTS) is 2. The Morgan fingerprint density at radius 2 is 1.43 bits per heavy atom. The predicted molar refractivity (Wildman–Crippen MR) is 95.9 cm³/mol. The first-order chi connectivity index (χ1) is 13.0. The molecule has 0 aromatic rings. The molecule has 3 amide bonds. The average molecular weight is 404 g/mol. The van der Waals surface area contributed by atoms with Crippen molar-refractivity contribution in [1.29, 1.82) is 0 Å². The van der Waals surface area contributed by atoms with Crippen molar-refractivity contribution in [1.82, 2.24) is 16.0 Å². The maximum atomic E-state index is 12.5. The molecular weight excluding hydrogens is 376 g/mol. The summed E-state index contributed by atoms with van der Waals surface area (Å²) in [6.07, 6.45) is -0.487. The number of hydrogen-bond donors (Lipinski definition) is 7. The first-order valence-corrected chi connectivity index (χ1v) is 8.67. The van der Waals surface area contributed by atoms with Crippen molar-refractivity contribution in [2.24, 2.45) is 11.7 Å². The highest BCUT2D eigenvalue weighted by Gasteiger charge is 2.29. The molecule has 0 rings (SSSR count). The van der Waals surface area contributed by atoms with Crippen LogP contribution in [0.2, 0.25) is 0 Å². The third kappa shape index (κ3) is 9.83. The Morgan fingerprint density at radius 1 is 0.893 bits per heavy atom. The van der Waals surface area contributed by atoms with Crippen LogP contribution in [0.15, 0.2) is 0 Å². The third-order valence-corrected chi connectivity index (χ3v) is 3.62. The van der Waals surface area contributed by atoms with Gasteiger partial charge in [0.05, 0.1) is 13.2 Å². The lowest BCUT2D eigenvalue weighted by atomic mass is 10.0. The minimum Gasteiger partial charge on any atom is -0.481 e. The summed E-state index contributed by atoms with van der Waals surface area (Å²) in [7, 11) is 0. The molecule has 0 aliphatic rings. The molecule has 8 N–H and O–H groups in total. The van der Waals surface area contributed by atoms with E-state index in [1.807, 2.05) is 0 Å². The van der Waals surface area contributed by atoms with E-state index in [4.69, 9.17) is 21.1 Å². The Bertz CT molecular complexity index is 581. The van der Waals surface area contributed by atoms with Crippen LogP contribution in [-0.4, -0.2) is 76.3 Å². The van der Waals surface area contributed by atoms with Gasteiger partial charge in [0.25, 0.3) is 0 Å². The van der Waals surface area contributed by atoms with E-state index in [9.17, 15) is 24.0 Å². The fourth-order valence-electron chi connectivity index (χ4n) is 2.22. The molecule has 0 aliphatic carbocycles. The van der Waals surface area contributed by atoms with E-state index in [0.717, 1.165) is 0 Å². The zero-order valence-electron chi connectivity index (χ0n) is 15.8. The Labute approximate surface area is 161 Å². The molecule has 3 unspecified atom stereocenters. The Balaban J connectivity index is 5.29. The fourth-order valence-corrected chi connectivity index (χ4v) is 2.22. The first-order valence-electron chi connectivity index (χ1n) is 8.67. The SMILES string of the molecule is CC(C)CC(NC(=O)C(CCC(=O)O)NC(=O)CN)C(=O)NC(CO)C(=O)O. The lowest BCUT2D eigenvalue weighted by molar-refractivity contribution is -0.143. The van der Waals surface area contributed by atoms with Crippen molar-refractivity contribution in [3.63, 3.8) is 0 Å². The second-order valence-corrected chi connectivity index (χ2v) is 6.53. The Kier molecular flexibility index (Phi) is 11.4. The van der Waals surface area contributed by atoms with E-state index in [1.54, 1.807) is 13.8 Å². The van der Waals surface area contributed by atoms with E-state index in [2.05, 4.69) is 16.0 Å². The lowest BCUT2D eigenvalue weighted by Gasteiger charge is -2.25. The number of rotatable bonds is 13. The summed E-state index contributed by atoms with van der Waals surface area (Å²) in [5, 5.41) is 33.5. The Morgan fingerprint density at radius 3 is 1.86 bits per heavy atom. The summed E-state index contributed by atoms with van der Waals surface area (Å²) in [4.78, 5) is 58.1. The van der Waals surface area contributed by atoms with Gasteiger partial charge in [0.15, 0.2) is 0 Å². The largest absolute Gasteiger partial charge is 0.481 e. The highest BCUT2D eigenvalue weighted by molar-refractivity contribution is 5.93. The molecular formula is C16H28N4O8. The summed E-state index contributed by atoms with van der Waals surface area (Å²) in [5.74, 6) is -5.00. The van der Waals surface area contributed by atoms with Crippen LogP contribution in [0.5, 0.6) is 0 Å². The average Bonchev–Trinajstić information content (AvgIpc) is 2.60. The van der Waals surface area contributed by atoms with E-state index in [1.165, 1.54) is 0 Å². The number of aliphatic hydroxyl groups excluding tert-OH is 1. The minimum atomic E-state index is -1.54. The molecule has 160 valence electrons. The molecule has 0 radical (unpaired) electrons. The summed E-state index contributed by atoms with van der Waals surface area (Å²) in [6, 6.07) is -3.93. The van der Waals surface area contributed by atoms with Crippen LogP contribution in [0.3, 0.4) is 0 Å². The Hall–Kier alpha value is -2.73. The van der Waals surface area contributed by atoms with E-state index < -0.39 is 67.4 Å². The van der Waals surface area contributed by atoms with Crippen molar-refractivity contribution in [2.45, 2.75) is 51.2 Å². The molecule has 0 bridgehead atoms. The van der Waals surface area contributed by atoms with Crippen LogP contribution < -0.4 is 21.7 Å². The van der Waals surface area contributed by atoms with Gasteiger partial charge in [0, 0.05) is 6.42 Å². The third-order valence-electron chi connectivity index (χ3n) is 3.62. The summed E-state index contributed by atoms with van der Waals surface area (Å²) in [6.45, 7) is 2.29. The zero-order valence-corrected chi connectivity index (χ0v) is 15.8. The van der Waals surface area contributed by atoms with Gasteiger partial charge in [-0.05, 0) is 18.8 Å². The second kappa shape index (κ2) is 12.6. The van der Waals surface area contributed by atoms with Gasteiger partial charge >= 0.3 is 11.9 Å². The highest BCUT2D eigenvalue weighted by atomic mass is 16.4. The monoisotopic (exact) mass is 404 g/mol. The van der Waals surface area contributed by atoms with Crippen LogP contribution in [0, 0.1) is 5.92 Å². The van der Waals surface area contributed by atoms with Gasteiger partial charge in [-0.15, -0.1) is 0 Å². The predicted octanol–water partition coefficient (Wildman–Crippen LogP) is -2.61. The number of carbonyl (C=O) groups is 5. The molecule has 28 heavy (non-hydrogen) atoms. The topological polar surface area (TPSA) is 208 Å². The van der Waals surface area contributed by atoms with Gasteiger partial charge < -0.3 is 37.0 Å². The summed E-state index contributed by atoms with van der Waals surface area (Å²) in [5.41, 5.74) is 5.19. The van der Waals surface area contributed by atoms with Gasteiger partial charge in [-0.1, -0.05) is 13.8 Å². The van der Waals surface area contributed by atoms with Gasteiger partial charge in [-0.3, -0.25) is 19.2 Å². The van der Waals surface area contributed by atoms with Crippen molar-refractivity contribution in [3.8, 4) is 0 Å². The first kappa shape index (κ1) is 25.3. The van der Waals surface area contributed by atoms with Crippen molar-refractivity contribution in [2.75, 3.05) is 13.2 Å². The molecule has 0 aromatic carbocycles. The molecule has 0 aliphatic heterocycles. The standard InChI is InChI=1S/C16H28N4O8/c1-8(2)5-10(15(26)20-11(7-21)16(27)28)19-14(25)9(3-4-13(23)24)18-12(22)6-17/h8-11,21H,3-7,17H2,1-2H3,(H,18,22)(H,19,25)(H,20,26)(H,23,24)(H,27,28). The molecule has 0 spiro atoms. The lowest BCUT2D eigenvalue weighted by Crippen LogP contribution is -2.57. The molecule has 0 aromatic heterocycles. The molecule has 0 saturated carbocycles. The van der Waals surface area contributed by atoms with Crippen molar-refractivity contribution in [3.05, 3.63) is 0 Å². The summed E-state index contributed by atoms with van der Waals surface area (Å²) < 4.78 is 0. The second-order valence-electron chi connectivity index (χ2n) is 6.53. The smallest absolute Gasteiger partial charge is 0.328 e. The molecule has 12 nitrogen and oxygen atoms in total. The van der Waals surface area contributed by atoms with Crippen LogP contribution in [-0.2, 0) is 24.0 Å². The minimum absolute atomic E-state index is 0.0652. The van der Waals surface area contributed by atoms with Crippen LogP contribution >= 0.6 is 0 Å². The number of aliphatic carboxylic acids is 2. The van der Waals surface area contributed by atoms with Crippen LogP contribution in [0.1, 0.15) is 33.1 Å². The highest BCUT2D eigenvalue weighted by Crippen LogP contribution is 2.07. The van der Waals surface area contributed by atoms with E-state index in [0.29, 0.717) is 0 Å². The number of carboxylic acids is 2. The van der Waals surface area contributed by atoms with Crippen molar-refractivity contribution < 1.29 is 39.3 Å². The molecule has 0 fully saturated rings.